The highest BCUT2D eigenvalue weighted by molar-refractivity contribution is 9.10. The number of carbonyl (C=O) groups excluding carboxylic acids is 2. The predicted molar refractivity (Wildman–Crippen MR) is 103 cm³/mol. The second kappa shape index (κ2) is 8.09. The van der Waals surface area contributed by atoms with E-state index in [0.717, 1.165) is 14.9 Å². The second-order valence-electron chi connectivity index (χ2n) is 5.89. The molecule has 0 bridgehead atoms. The van der Waals surface area contributed by atoms with Gasteiger partial charge < -0.3 is 20.1 Å². The van der Waals surface area contributed by atoms with Gasteiger partial charge in [-0.1, -0.05) is 15.9 Å². The number of rotatable bonds is 5. The van der Waals surface area contributed by atoms with Crippen LogP contribution in [0.3, 0.4) is 0 Å². The molecule has 1 aromatic heterocycles. The van der Waals surface area contributed by atoms with Crippen molar-refractivity contribution in [2.24, 2.45) is 0 Å². The van der Waals surface area contributed by atoms with Gasteiger partial charge in [-0.3, -0.25) is 9.59 Å². The maximum Gasteiger partial charge on any atom is 0.261 e. The fraction of sp³-hybridized carbons (Fsp3) is 0.333. The van der Waals surface area contributed by atoms with Gasteiger partial charge in [0.05, 0.1) is 17.5 Å². The summed E-state index contributed by atoms with van der Waals surface area (Å²) in [6.07, 6.45) is 0. The number of amides is 2. The minimum Gasteiger partial charge on any atom is -0.486 e. The van der Waals surface area contributed by atoms with Crippen LogP contribution in [-0.2, 0) is 11.3 Å². The average molecular weight is 439 g/mol. The molecule has 2 heterocycles. The first kappa shape index (κ1) is 18.7. The number of hydrogen-bond donors (Lipinski definition) is 2. The average Bonchev–Trinajstić information content (AvgIpc) is 3.08. The van der Waals surface area contributed by atoms with Crippen LogP contribution in [0.15, 0.2) is 28.7 Å². The third-order valence-electron chi connectivity index (χ3n) is 3.87. The Kier molecular flexibility index (Phi) is 5.83. The molecule has 2 N–H and O–H groups in total. The van der Waals surface area contributed by atoms with E-state index < -0.39 is 0 Å². The third kappa shape index (κ3) is 4.37. The van der Waals surface area contributed by atoms with Crippen LogP contribution in [0, 0.1) is 0 Å². The molecule has 0 radical (unpaired) electrons. The largest absolute Gasteiger partial charge is 0.486 e. The molecule has 1 atom stereocenters. The van der Waals surface area contributed by atoms with Crippen molar-refractivity contribution in [1.82, 2.24) is 10.6 Å². The van der Waals surface area contributed by atoms with Crippen molar-refractivity contribution in [3.8, 4) is 11.5 Å². The molecule has 8 heteroatoms. The van der Waals surface area contributed by atoms with Crippen LogP contribution in [0.1, 0.15) is 40.0 Å². The zero-order valence-corrected chi connectivity index (χ0v) is 16.8. The van der Waals surface area contributed by atoms with E-state index >= 15 is 0 Å². The van der Waals surface area contributed by atoms with Gasteiger partial charge in [0.25, 0.3) is 5.91 Å². The highest BCUT2D eigenvalue weighted by Crippen LogP contribution is 2.37. The molecule has 138 valence electrons. The smallest absolute Gasteiger partial charge is 0.261 e. The molecular formula is C18H19BrN2O4S. The molecule has 0 saturated heterocycles. The summed E-state index contributed by atoms with van der Waals surface area (Å²) in [5.74, 6) is 1.13. The lowest BCUT2D eigenvalue weighted by Crippen LogP contribution is -2.26. The molecule has 1 aliphatic heterocycles. The van der Waals surface area contributed by atoms with Crippen LogP contribution >= 0.6 is 27.3 Å². The zero-order valence-electron chi connectivity index (χ0n) is 14.4. The maximum atomic E-state index is 12.5. The first-order chi connectivity index (χ1) is 12.4. The number of benzene rings is 1. The van der Waals surface area contributed by atoms with Gasteiger partial charge in [-0.25, -0.2) is 0 Å². The minimum absolute atomic E-state index is 0.0958. The molecular weight excluding hydrogens is 420 g/mol. The van der Waals surface area contributed by atoms with E-state index in [2.05, 4.69) is 26.6 Å². The lowest BCUT2D eigenvalue weighted by atomic mass is 10.1. The highest BCUT2D eigenvalue weighted by atomic mass is 79.9. The van der Waals surface area contributed by atoms with Crippen molar-refractivity contribution in [3.63, 3.8) is 0 Å². The summed E-state index contributed by atoms with van der Waals surface area (Å²) in [5, 5.41) is 5.72. The summed E-state index contributed by atoms with van der Waals surface area (Å²) >= 11 is 4.90. The Bertz CT molecular complexity index is 837. The SMILES string of the molecule is CC(=O)NCc1ccc(C(=O)NC(C)c2cc3c(cc2Br)OCCO3)s1. The molecule has 0 saturated carbocycles. The topological polar surface area (TPSA) is 76.7 Å². The first-order valence-corrected chi connectivity index (χ1v) is 9.78. The predicted octanol–water partition coefficient (Wildman–Crippen LogP) is 3.41. The van der Waals surface area contributed by atoms with Crippen LogP contribution in [0.4, 0.5) is 0 Å². The number of carbonyl (C=O) groups is 2. The van der Waals surface area contributed by atoms with E-state index in [9.17, 15) is 9.59 Å². The van der Waals surface area contributed by atoms with Gasteiger partial charge in [-0.2, -0.15) is 0 Å². The fourth-order valence-electron chi connectivity index (χ4n) is 2.56. The number of fused-ring (bicyclic) bond motifs is 1. The Morgan fingerprint density at radius 2 is 1.92 bits per heavy atom. The van der Waals surface area contributed by atoms with Crippen molar-refractivity contribution in [3.05, 3.63) is 44.1 Å². The Morgan fingerprint density at radius 1 is 1.23 bits per heavy atom. The van der Waals surface area contributed by atoms with Gasteiger partial charge in [-0.15, -0.1) is 11.3 Å². The molecule has 0 fully saturated rings. The third-order valence-corrected chi connectivity index (χ3v) is 5.64. The van der Waals surface area contributed by atoms with Crippen molar-refractivity contribution in [2.45, 2.75) is 26.4 Å². The summed E-state index contributed by atoms with van der Waals surface area (Å²) in [7, 11) is 0. The maximum absolute atomic E-state index is 12.5. The van der Waals surface area contributed by atoms with E-state index in [-0.39, 0.29) is 17.9 Å². The number of ether oxygens (including phenoxy) is 2. The molecule has 1 aromatic carbocycles. The number of nitrogens with one attached hydrogen (secondary N) is 2. The molecule has 3 rings (SSSR count). The van der Waals surface area contributed by atoms with Gasteiger partial charge >= 0.3 is 0 Å². The van der Waals surface area contributed by atoms with E-state index in [1.54, 1.807) is 6.07 Å². The van der Waals surface area contributed by atoms with Crippen LogP contribution < -0.4 is 20.1 Å². The molecule has 2 aromatic rings. The highest BCUT2D eigenvalue weighted by Gasteiger charge is 2.20. The lowest BCUT2D eigenvalue weighted by Gasteiger charge is -2.22. The monoisotopic (exact) mass is 438 g/mol. The Balaban J connectivity index is 1.68. The van der Waals surface area contributed by atoms with Gasteiger partial charge in [0.1, 0.15) is 13.2 Å². The molecule has 0 spiro atoms. The van der Waals surface area contributed by atoms with Gasteiger partial charge in [0.15, 0.2) is 11.5 Å². The second-order valence-corrected chi connectivity index (χ2v) is 7.91. The minimum atomic E-state index is -0.214. The van der Waals surface area contributed by atoms with Crippen LogP contribution in [-0.4, -0.2) is 25.0 Å². The number of hydrogen-bond acceptors (Lipinski definition) is 5. The Labute approximate surface area is 164 Å². The normalized spacial score (nSPS) is 13.8. The van der Waals surface area contributed by atoms with Gasteiger partial charge in [0.2, 0.25) is 5.91 Å². The molecule has 6 nitrogen and oxygen atoms in total. The van der Waals surface area contributed by atoms with Crippen LogP contribution in [0.5, 0.6) is 11.5 Å². The lowest BCUT2D eigenvalue weighted by molar-refractivity contribution is -0.119. The van der Waals surface area contributed by atoms with Crippen molar-refractivity contribution in [2.75, 3.05) is 13.2 Å². The van der Waals surface area contributed by atoms with Gasteiger partial charge in [0, 0.05) is 16.3 Å². The zero-order chi connectivity index (χ0) is 18.7. The van der Waals surface area contributed by atoms with Crippen molar-refractivity contribution >= 4 is 39.1 Å². The molecule has 1 unspecified atom stereocenters. The van der Waals surface area contributed by atoms with Crippen molar-refractivity contribution < 1.29 is 19.1 Å². The van der Waals surface area contributed by atoms with E-state index in [4.69, 9.17) is 9.47 Å². The summed E-state index contributed by atoms with van der Waals surface area (Å²) in [6, 6.07) is 7.15. The summed E-state index contributed by atoms with van der Waals surface area (Å²) in [5.41, 5.74) is 0.914. The van der Waals surface area contributed by atoms with E-state index in [1.807, 2.05) is 25.1 Å². The van der Waals surface area contributed by atoms with E-state index in [1.165, 1.54) is 18.3 Å². The number of thiophene rings is 1. The van der Waals surface area contributed by atoms with Crippen LogP contribution in [0.25, 0.3) is 0 Å². The van der Waals surface area contributed by atoms with E-state index in [0.29, 0.717) is 36.1 Å². The first-order valence-electron chi connectivity index (χ1n) is 8.17. The van der Waals surface area contributed by atoms with Crippen LogP contribution in [0.2, 0.25) is 0 Å². The Morgan fingerprint density at radius 3 is 2.62 bits per heavy atom. The molecule has 2 amide bonds. The fourth-order valence-corrected chi connectivity index (χ4v) is 4.08. The van der Waals surface area contributed by atoms with Gasteiger partial charge in [-0.05, 0) is 36.8 Å². The standard InChI is InChI=1S/C18H19BrN2O4S/c1-10(13-7-15-16(8-14(13)19)25-6-5-24-15)21-18(23)17-4-3-12(26-17)9-20-11(2)22/h3-4,7-8,10H,5-6,9H2,1-2H3,(H,20,22)(H,21,23). The summed E-state index contributed by atoms with van der Waals surface area (Å²) in [6.45, 7) is 4.86. The molecule has 0 aliphatic carbocycles. The summed E-state index contributed by atoms with van der Waals surface area (Å²) in [4.78, 5) is 25.0. The molecule has 26 heavy (non-hydrogen) atoms. The molecule has 1 aliphatic rings. The quantitative estimate of drug-likeness (QED) is 0.749. The number of halogens is 1. The summed E-state index contributed by atoms with van der Waals surface area (Å²) < 4.78 is 12.0. The Hall–Kier alpha value is -2.06. The van der Waals surface area contributed by atoms with Crippen molar-refractivity contribution in [1.29, 1.82) is 0 Å².